The Balaban J connectivity index is 1.10. The third kappa shape index (κ3) is 3.58. The van der Waals surface area contributed by atoms with Crippen molar-refractivity contribution in [1.82, 2.24) is 4.90 Å². The maximum Gasteiger partial charge on any atom is 0.410 e. The van der Waals surface area contributed by atoms with Crippen molar-refractivity contribution in [2.75, 3.05) is 13.1 Å². The van der Waals surface area contributed by atoms with E-state index in [0.29, 0.717) is 35.8 Å². The molecule has 1 aromatic carbocycles. The average molecular weight is 646 g/mol. The lowest BCUT2D eigenvalue weighted by Gasteiger charge is -2.71. The van der Waals surface area contributed by atoms with Crippen molar-refractivity contribution in [3.8, 4) is 0 Å². The molecule has 4 bridgehead atoms. The molecule has 11 unspecified atom stereocenters. The van der Waals surface area contributed by atoms with Gasteiger partial charge in [-0.1, -0.05) is 45.9 Å². The number of Topliss-reactive ketones (excluding diaryl/α,β-unsaturated/α-hetero) is 1. The molecule has 5 nitrogen and oxygen atoms in total. The second kappa shape index (κ2) is 9.37. The average Bonchev–Trinajstić information content (AvgIpc) is 3.52. The molecule has 1 aliphatic heterocycles. The molecule has 1 amide bonds. The van der Waals surface area contributed by atoms with Crippen molar-refractivity contribution in [3.05, 3.63) is 59.2 Å². The molecular formula is C40H49F2NO4. The summed E-state index contributed by atoms with van der Waals surface area (Å²) in [5, 5.41) is 10.9. The number of halogens is 2. The maximum atomic E-state index is 14.6. The second-order valence-electron chi connectivity index (χ2n) is 18.2. The predicted octanol–water partition coefficient (Wildman–Crippen LogP) is 8.27. The van der Waals surface area contributed by atoms with E-state index in [1.807, 2.05) is 4.90 Å². The first-order valence-corrected chi connectivity index (χ1v) is 18.3. The predicted molar refractivity (Wildman–Crippen MR) is 173 cm³/mol. The number of carbonyl (C=O) groups is 2. The molecule has 11 rings (SSSR count). The Bertz CT molecular complexity index is 1650. The first-order valence-electron chi connectivity index (χ1n) is 18.3. The summed E-state index contributed by atoms with van der Waals surface area (Å²) in [5.41, 5.74) is -1.05. The fourth-order valence-electron chi connectivity index (χ4n) is 13.8. The van der Waals surface area contributed by atoms with E-state index in [4.69, 9.17) is 4.74 Å². The van der Waals surface area contributed by atoms with Crippen LogP contribution in [0.25, 0.3) is 0 Å². The van der Waals surface area contributed by atoms with Gasteiger partial charge in [0.2, 0.25) is 0 Å². The molecule has 1 saturated heterocycles. The van der Waals surface area contributed by atoms with E-state index < -0.39 is 34.2 Å². The van der Waals surface area contributed by atoms with Crippen molar-refractivity contribution in [2.45, 2.75) is 104 Å². The topological polar surface area (TPSA) is 66.8 Å². The lowest BCUT2D eigenvalue weighted by Crippen LogP contribution is -2.67. The fraction of sp³-hybridized carbons (Fsp3) is 0.700. The van der Waals surface area contributed by atoms with Gasteiger partial charge in [0.05, 0.1) is 12.6 Å². The minimum Gasteiger partial charge on any atom is -0.440 e. The van der Waals surface area contributed by atoms with Crippen LogP contribution in [0, 0.1) is 68.3 Å². The highest BCUT2D eigenvalue weighted by atomic mass is 19.2. The molecule has 47 heavy (non-hydrogen) atoms. The maximum absolute atomic E-state index is 14.6. The summed E-state index contributed by atoms with van der Waals surface area (Å²) < 4.78 is 35.2. The highest BCUT2D eigenvalue weighted by Gasteiger charge is 2.76. The van der Waals surface area contributed by atoms with Crippen LogP contribution in [0.15, 0.2) is 42.0 Å². The number of ether oxygens (including phenoxy) is 1. The molecule has 0 aromatic heterocycles. The van der Waals surface area contributed by atoms with Gasteiger partial charge in [0.1, 0.15) is 5.60 Å². The van der Waals surface area contributed by atoms with Gasteiger partial charge < -0.3 is 14.7 Å². The molecule has 252 valence electrons. The largest absolute Gasteiger partial charge is 0.440 e. The molecule has 1 aromatic rings. The number of carbonyl (C=O) groups excluding carboxylic acids is 2. The van der Waals surface area contributed by atoms with Gasteiger partial charge in [-0.15, -0.1) is 0 Å². The second-order valence-corrected chi connectivity index (χ2v) is 18.2. The number of amides is 1. The van der Waals surface area contributed by atoms with Gasteiger partial charge in [0, 0.05) is 33.9 Å². The third-order valence-electron chi connectivity index (χ3n) is 16.5. The van der Waals surface area contributed by atoms with Gasteiger partial charge in [-0.25, -0.2) is 13.6 Å². The summed E-state index contributed by atoms with van der Waals surface area (Å²) in [6.07, 6.45) is 15.3. The lowest BCUT2D eigenvalue weighted by atomic mass is 9.32. The highest BCUT2D eigenvalue weighted by Crippen LogP contribution is 2.79. The molecule has 3 spiro atoms. The number of aliphatic hydroxyl groups excluding tert-OH is 1. The number of aliphatic hydroxyl groups is 1. The van der Waals surface area contributed by atoms with E-state index in [9.17, 15) is 23.5 Å². The zero-order chi connectivity index (χ0) is 32.9. The van der Waals surface area contributed by atoms with Crippen LogP contribution in [0.4, 0.5) is 13.6 Å². The van der Waals surface area contributed by atoms with Crippen molar-refractivity contribution in [2.24, 2.45) is 56.7 Å². The van der Waals surface area contributed by atoms with Crippen LogP contribution in [-0.2, 0) is 4.74 Å². The van der Waals surface area contributed by atoms with E-state index in [1.165, 1.54) is 25.3 Å². The summed E-state index contributed by atoms with van der Waals surface area (Å²) in [4.78, 5) is 30.4. The lowest BCUT2D eigenvalue weighted by molar-refractivity contribution is -0.164. The Morgan fingerprint density at radius 1 is 0.957 bits per heavy atom. The Morgan fingerprint density at radius 2 is 1.70 bits per heavy atom. The molecule has 9 aliphatic carbocycles. The Labute approximate surface area is 277 Å². The SMILES string of the molecule is CC1(C)C2CCC(CN3CC4(CCC5C67C=CC8(C=C6C(=O)c6ccc(F)c(F)c6)CC(O)CCC8(C)C7CCC54C)OC3=O)C1C2. The zero-order valence-corrected chi connectivity index (χ0v) is 28.3. The standard InChI is InChI=1S/C40H49F2NO4/c1-35(2)25-7-5-24(27(35)18-25)21-43-22-39(47-34(43)46)14-11-32-37(39,4)13-10-31-36(3)12-9-26(44)19-38(36)15-16-40(31,32)28(20-38)33(45)23-6-8-29(41)30(42)17-23/h6,8,15-17,20,24-27,31-32,44H,5,7,9-14,18-19,21-22H2,1-4H3. The van der Waals surface area contributed by atoms with Crippen molar-refractivity contribution >= 4 is 11.9 Å². The van der Waals surface area contributed by atoms with Crippen LogP contribution in [0.1, 0.15) is 102 Å². The quantitative estimate of drug-likeness (QED) is 0.265. The number of hydrogen-bond acceptors (Lipinski definition) is 4. The summed E-state index contributed by atoms with van der Waals surface area (Å²) in [5.74, 6) is -0.0749. The molecule has 6 saturated carbocycles. The Kier molecular flexibility index (Phi) is 6.08. The number of nitrogens with zero attached hydrogens (tertiary/aromatic N) is 1. The first-order chi connectivity index (χ1) is 22.2. The number of benzene rings is 1. The minimum atomic E-state index is -1.02. The van der Waals surface area contributed by atoms with Gasteiger partial charge in [0.15, 0.2) is 17.4 Å². The normalized spacial score (nSPS) is 48.4. The summed E-state index contributed by atoms with van der Waals surface area (Å²) >= 11 is 0. The van der Waals surface area contributed by atoms with Crippen LogP contribution in [0.5, 0.6) is 0 Å². The van der Waals surface area contributed by atoms with Crippen LogP contribution in [0.2, 0.25) is 0 Å². The van der Waals surface area contributed by atoms with Crippen LogP contribution < -0.4 is 0 Å². The molecule has 0 radical (unpaired) electrons. The smallest absolute Gasteiger partial charge is 0.410 e. The van der Waals surface area contributed by atoms with E-state index in [1.54, 1.807) is 0 Å². The summed E-state index contributed by atoms with van der Waals surface area (Å²) in [7, 11) is 0. The number of hydrogen-bond donors (Lipinski definition) is 1. The van der Waals surface area contributed by atoms with Crippen LogP contribution in [-0.4, -0.2) is 46.7 Å². The summed E-state index contributed by atoms with van der Waals surface area (Å²) in [6, 6.07) is 3.48. The fourth-order valence-corrected chi connectivity index (χ4v) is 13.8. The van der Waals surface area contributed by atoms with Crippen molar-refractivity contribution in [3.63, 3.8) is 0 Å². The molecule has 10 aliphatic rings. The number of fused-ring (bicyclic) bond motifs is 4. The van der Waals surface area contributed by atoms with E-state index in [0.717, 1.165) is 63.1 Å². The van der Waals surface area contributed by atoms with Gasteiger partial charge in [-0.3, -0.25) is 4.79 Å². The summed E-state index contributed by atoms with van der Waals surface area (Å²) in [6.45, 7) is 10.8. The molecule has 1 heterocycles. The van der Waals surface area contributed by atoms with Crippen LogP contribution >= 0.6 is 0 Å². The zero-order valence-electron chi connectivity index (χ0n) is 28.3. The number of allylic oxidation sites excluding steroid dienone is 4. The van der Waals surface area contributed by atoms with Gasteiger partial charge in [-0.05, 0) is 123 Å². The Hall–Kier alpha value is -2.54. The Morgan fingerprint density at radius 3 is 2.45 bits per heavy atom. The van der Waals surface area contributed by atoms with Crippen molar-refractivity contribution < 1.29 is 28.2 Å². The first kappa shape index (κ1) is 30.5. The van der Waals surface area contributed by atoms with Gasteiger partial charge in [-0.2, -0.15) is 0 Å². The van der Waals surface area contributed by atoms with E-state index >= 15 is 0 Å². The third-order valence-corrected chi connectivity index (χ3v) is 16.5. The molecule has 7 heteroatoms. The molecule has 1 N–H and O–H groups in total. The van der Waals surface area contributed by atoms with E-state index in [-0.39, 0.29) is 40.1 Å². The minimum absolute atomic E-state index is 0.0428. The monoisotopic (exact) mass is 645 g/mol. The van der Waals surface area contributed by atoms with Crippen molar-refractivity contribution in [1.29, 1.82) is 0 Å². The van der Waals surface area contributed by atoms with Gasteiger partial charge in [0.25, 0.3) is 0 Å². The van der Waals surface area contributed by atoms with Crippen LogP contribution in [0.3, 0.4) is 0 Å². The number of ketones is 1. The molecule has 11 atom stereocenters. The molecular weight excluding hydrogens is 596 g/mol. The number of rotatable bonds is 4. The van der Waals surface area contributed by atoms with E-state index in [2.05, 4.69) is 45.9 Å². The molecule has 7 fully saturated rings. The highest BCUT2D eigenvalue weighted by molar-refractivity contribution is 6.10. The van der Waals surface area contributed by atoms with Gasteiger partial charge >= 0.3 is 6.09 Å².